The summed E-state index contributed by atoms with van der Waals surface area (Å²) in [6.07, 6.45) is 4.51. The number of amides is 1. The molecule has 1 amide bonds. The zero-order valence-electron chi connectivity index (χ0n) is 12.2. The van der Waals surface area contributed by atoms with Crippen molar-refractivity contribution < 1.29 is 19.2 Å². The molecule has 0 unspecified atom stereocenters. The number of nitrogens with zero attached hydrogens (tertiary/aromatic N) is 3. The van der Waals surface area contributed by atoms with Crippen LogP contribution in [-0.2, 0) is 22.4 Å². The lowest BCUT2D eigenvalue weighted by atomic mass is 10.2. The average molecular weight is 295 g/mol. The summed E-state index contributed by atoms with van der Waals surface area (Å²) in [5.74, 6) is 0.224. The van der Waals surface area contributed by atoms with Gasteiger partial charge in [0.05, 0.1) is 0 Å². The third-order valence-electron chi connectivity index (χ3n) is 3.62. The molecule has 2 heterocycles. The van der Waals surface area contributed by atoms with E-state index in [0.717, 1.165) is 19.3 Å². The van der Waals surface area contributed by atoms with Crippen molar-refractivity contribution in [2.45, 2.75) is 57.9 Å². The molecule has 0 aliphatic carbocycles. The Labute approximate surface area is 123 Å². The minimum Gasteiger partial charge on any atom is -0.480 e. The first-order valence-corrected chi connectivity index (χ1v) is 7.45. The number of aliphatic carboxylic acids is 1. The van der Waals surface area contributed by atoms with Crippen molar-refractivity contribution in [2.75, 3.05) is 6.54 Å². The van der Waals surface area contributed by atoms with Gasteiger partial charge in [-0.2, -0.15) is 4.98 Å². The first-order chi connectivity index (χ1) is 10.1. The number of hydrogen-bond donors (Lipinski definition) is 1. The van der Waals surface area contributed by atoms with E-state index in [1.807, 2.05) is 6.92 Å². The lowest BCUT2D eigenvalue weighted by molar-refractivity contribution is -0.148. The molecule has 21 heavy (non-hydrogen) atoms. The molecule has 1 atom stereocenters. The van der Waals surface area contributed by atoms with E-state index in [0.29, 0.717) is 43.9 Å². The summed E-state index contributed by atoms with van der Waals surface area (Å²) in [5, 5.41) is 12.9. The molecule has 7 nitrogen and oxygen atoms in total. The molecule has 0 bridgehead atoms. The number of carboxylic acids is 1. The largest absolute Gasteiger partial charge is 0.480 e. The van der Waals surface area contributed by atoms with Crippen LogP contribution in [0.4, 0.5) is 0 Å². The highest BCUT2D eigenvalue weighted by molar-refractivity contribution is 5.84. The molecule has 0 aromatic carbocycles. The predicted molar refractivity (Wildman–Crippen MR) is 73.6 cm³/mol. The molecule has 1 aromatic heterocycles. The Hall–Kier alpha value is -1.92. The number of carbonyl (C=O) groups is 2. The number of carboxylic acid groups (broad SMARTS) is 1. The van der Waals surface area contributed by atoms with Gasteiger partial charge in [-0.15, -0.1) is 0 Å². The minimum absolute atomic E-state index is 0.104. The second-order valence-electron chi connectivity index (χ2n) is 5.29. The highest BCUT2D eigenvalue weighted by Crippen LogP contribution is 2.19. The van der Waals surface area contributed by atoms with E-state index in [2.05, 4.69) is 10.1 Å². The van der Waals surface area contributed by atoms with Crippen LogP contribution in [0.15, 0.2) is 4.52 Å². The molecule has 1 N–H and O–H groups in total. The fraction of sp³-hybridized carbons (Fsp3) is 0.714. The number of aromatic nitrogens is 2. The summed E-state index contributed by atoms with van der Waals surface area (Å²) >= 11 is 0. The maximum Gasteiger partial charge on any atom is 0.326 e. The van der Waals surface area contributed by atoms with Crippen molar-refractivity contribution >= 4 is 11.9 Å². The van der Waals surface area contributed by atoms with Gasteiger partial charge in [-0.1, -0.05) is 12.1 Å². The van der Waals surface area contributed by atoms with Gasteiger partial charge in [0.25, 0.3) is 0 Å². The Morgan fingerprint density at radius 1 is 1.43 bits per heavy atom. The van der Waals surface area contributed by atoms with E-state index in [1.165, 1.54) is 4.90 Å². The number of aryl methyl sites for hydroxylation is 2. The van der Waals surface area contributed by atoms with E-state index in [-0.39, 0.29) is 5.91 Å². The smallest absolute Gasteiger partial charge is 0.326 e. The van der Waals surface area contributed by atoms with Gasteiger partial charge in [-0.25, -0.2) is 4.79 Å². The zero-order chi connectivity index (χ0) is 15.2. The Morgan fingerprint density at radius 3 is 2.95 bits per heavy atom. The quantitative estimate of drug-likeness (QED) is 0.817. The monoisotopic (exact) mass is 295 g/mol. The maximum absolute atomic E-state index is 12.1. The molecule has 1 aliphatic heterocycles. The second kappa shape index (κ2) is 7.19. The number of hydrogen-bond acceptors (Lipinski definition) is 5. The maximum atomic E-state index is 12.1. The molecular weight excluding hydrogens is 274 g/mol. The van der Waals surface area contributed by atoms with Crippen LogP contribution in [0.1, 0.15) is 50.7 Å². The fourth-order valence-corrected chi connectivity index (χ4v) is 2.57. The van der Waals surface area contributed by atoms with Crippen LogP contribution >= 0.6 is 0 Å². The standard InChI is InChI=1S/C14H21N3O4/c1-2-5-11-15-12(21-16-11)7-3-8-13(18)17-9-4-6-10(17)14(19)20/h10H,2-9H2,1H3,(H,19,20)/t10-/m0/s1. The van der Waals surface area contributed by atoms with Crippen LogP contribution < -0.4 is 0 Å². The summed E-state index contributed by atoms with van der Waals surface area (Å²) in [6.45, 7) is 2.58. The third-order valence-corrected chi connectivity index (χ3v) is 3.62. The molecule has 0 spiro atoms. The molecule has 0 saturated carbocycles. The first-order valence-electron chi connectivity index (χ1n) is 7.45. The van der Waals surface area contributed by atoms with Crippen molar-refractivity contribution in [1.29, 1.82) is 0 Å². The summed E-state index contributed by atoms with van der Waals surface area (Å²) < 4.78 is 5.10. The molecule has 1 fully saturated rings. The average Bonchev–Trinajstić information content (AvgIpc) is 3.08. The van der Waals surface area contributed by atoms with Crippen LogP contribution in [-0.4, -0.2) is 44.6 Å². The SMILES string of the molecule is CCCc1noc(CCCC(=O)N2CCC[C@H]2C(=O)O)n1. The Balaban J connectivity index is 1.77. The number of likely N-dealkylation sites (tertiary alicyclic amines) is 1. The first kappa shape index (κ1) is 15.5. The lowest BCUT2D eigenvalue weighted by Gasteiger charge is -2.21. The van der Waals surface area contributed by atoms with Gasteiger partial charge in [0.15, 0.2) is 5.82 Å². The lowest BCUT2D eigenvalue weighted by Crippen LogP contribution is -2.40. The van der Waals surface area contributed by atoms with E-state index >= 15 is 0 Å². The summed E-state index contributed by atoms with van der Waals surface area (Å²) in [5.41, 5.74) is 0. The highest BCUT2D eigenvalue weighted by Gasteiger charge is 2.33. The Bertz CT molecular complexity index is 500. The van der Waals surface area contributed by atoms with Crippen LogP contribution in [0.2, 0.25) is 0 Å². The molecule has 7 heteroatoms. The van der Waals surface area contributed by atoms with E-state index in [4.69, 9.17) is 9.63 Å². The molecule has 2 rings (SSSR count). The topological polar surface area (TPSA) is 96.5 Å². The third kappa shape index (κ3) is 4.03. The van der Waals surface area contributed by atoms with Gasteiger partial charge >= 0.3 is 5.97 Å². The molecule has 1 saturated heterocycles. The highest BCUT2D eigenvalue weighted by atomic mass is 16.5. The van der Waals surface area contributed by atoms with Crippen molar-refractivity contribution in [3.63, 3.8) is 0 Å². The van der Waals surface area contributed by atoms with E-state index in [9.17, 15) is 9.59 Å². The van der Waals surface area contributed by atoms with Gasteiger partial charge in [0.2, 0.25) is 11.8 Å². The predicted octanol–water partition coefficient (Wildman–Crippen LogP) is 1.42. The number of rotatable bonds is 7. The van der Waals surface area contributed by atoms with Crippen molar-refractivity contribution in [2.24, 2.45) is 0 Å². The molecular formula is C14H21N3O4. The van der Waals surface area contributed by atoms with Crippen molar-refractivity contribution in [1.82, 2.24) is 15.0 Å². The van der Waals surface area contributed by atoms with Gasteiger partial charge in [-0.3, -0.25) is 4.79 Å². The fourth-order valence-electron chi connectivity index (χ4n) is 2.57. The second-order valence-corrected chi connectivity index (χ2v) is 5.29. The van der Waals surface area contributed by atoms with Gasteiger partial charge in [0.1, 0.15) is 6.04 Å². The van der Waals surface area contributed by atoms with Crippen molar-refractivity contribution in [3.05, 3.63) is 11.7 Å². The van der Waals surface area contributed by atoms with Gasteiger partial charge < -0.3 is 14.5 Å². The normalized spacial score (nSPS) is 18.1. The van der Waals surface area contributed by atoms with E-state index in [1.54, 1.807) is 0 Å². The zero-order valence-corrected chi connectivity index (χ0v) is 12.2. The van der Waals surface area contributed by atoms with Crippen LogP contribution in [0, 0.1) is 0 Å². The summed E-state index contributed by atoms with van der Waals surface area (Å²) in [7, 11) is 0. The van der Waals surface area contributed by atoms with Crippen molar-refractivity contribution in [3.8, 4) is 0 Å². The number of carbonyl (C=O) groups excluding carboxylic acids is 1. The van der Waals surface area contributed by atoms with Crippen LogP contribution in [0.3, 0.4) is 0 Å². The summed E-state index contributed by atoms with van der Waals surface area (Å²) in [6, 6.07) is -0.655. The van der Waals surface area contributed by atoms with Gasteiger partial charge in [-0.05, 0) is 25.7 Å². The minimum atomic E-state index is -0.915. The molecule has 1 aromatic rings. The van der Waals surface area contributed by atoms with Crippen LogP contribution in [0.25, 0.3) is 0 Å². The van der Waals surface area contributed by atoms with Gasteiger partial charge in [0, 0.05) is 25.8 Å². The van der Waals surface area contributed by atoms with Crippen LogP contribution in [0.5, 0.6) is 0 Å². The Morgan fingerprint density at radius 2 is 2.24 bits per heavy atom. The molecule has 1 aliphatic rings. The van der Waals surface area contributed by atoms with E-state index < -0.39 is 12.0 Å². The Kier molecular flexibility index (Phi) is 5.30. The molecule has 116 valence electrons. The molecule has 0 radical (unpaired) electrons. The summed E-state index contributed by atoms with van der Waals surface area (Å²) in [4.78, 5) is 28.8.